The van der Waals surface area contributed by atoms with Crippen molar-refractivity contribution < 1.29 is 19.0 Å². The van der Waals surface area contributed by atoms with Gasteiger partial charge in [0.05, 0.1) is 19.1 Å². The Morgan fingerprint density at radius 2 is 1.73 bits per heavy atom. The van der Waals surface area contributed by atoms with Crippen molar-refractivity contribution in [2.24, 2.45) is 0 Å². The van der Waals surface area contributed by atoms with Crippen LogP contribution in [0.5, 0.6) is 17.2 Å². The third-order valence-corrected chi connectivity index (χ3v) is 5.75. The number of ether oxygens (including phenoxy) is 3. The molecular formula is C25H26O4S. The molecule has 3 aromatic rings. The summed E-state index contributed by atoms with van der Waals surface area (Å²) in [4.78, 5) is 14.5. The number of aryl methyl sites for hydroxylation is 1. The third kappa shape index (κ3) is 5.74. The van der Waals surface area contributed by atoms with Gasteiger partial charge in [0, 0.05) is 10.4 Å². The summed E-state index contributed by atoms with van der Waals surface area (Å²) in [6.45, 7) is 2.50. The van der Waals surface area contributed by atoms with E-state index in [0.717, 1.165) is 46.1 Å². The molecule has 0 unspecified atom stereocenters. The van der Waals surface area contributed by atoms with Gasteiger partial charge in [0.1, 0.15) is 23.9 Å². The molecule has 4 nitrogen and oxygen atoms in total. The first-order valence-corrected chi connectivity index (χ1v) is 10.7. The third-order valence-electron chi connectivity index (χ3n) is 4.59. The number of carbonyl (C=O) groups excluding carboxylic acids is 1. The van der Waals surface area contributed by atoms with E-state index in [9.17, 15) is 4.79 Å². The topological polar surface area (TPSA) is 44.8 Å². The monoisotopic (exact) mass is 422 g/mol. The van der Waals surface area contributed by atoms with E-state index in [1.165, 1.54) is 4.88 Å². The minimum Gasteiger partial charge on any atom is -0.497 e. The van der Waals surface area contributed by atoms with Gasteiger partial charge in [0.25, 0.3) is 0 Å². The zero-order valence-corrected chi connectivity index (χ0v) is 18.3. The number of methoxy groups -OCH3 is 2. The van der Waals surface area contributed by atoms with Gasteiger partial charge in [-0.05, 0) is 66.6 Å². The lowest BCUT2D eigenvalue weighted by atomic mass is 10.1. The number of thiophene rings is 1. The Bertz CT molecular complexity index is 1000. The molecule has 0 atom stereocenters. The Balaban J connectivity index is 1.69. The SMILES string of the molecule is CCCc1ccc(C(=O)/C=C/c2ccc(OC)c(COc3ccc(OC)cc3)c2)s1. The molecule has 0 saturated heterocycles. The van der Waals surface area contributed by atoms with Crippen LogP contribution < -0.4 is 14.2 Å². The highest BCUT2D eigenvalue weighted by Crippen LogP contribution is 2.25. The van der Waals surface area contributed by atoms with Crippen LogP contribution in [-0.2, 0) is 13.0 Å². The molecule has 0 N–H and O–H groups in total. The zero-order valence-electron chi connectivity index (χ0n) is 17.5. The summed E-state index contributed by atoms with van der Waals surface area (Å²) in [5, 5.41) is 0. The average molecular weight is 423 g/mol. The van der Waals surface area contributed by atoms with Crippen LogP contribution in [-0.4, -0.2) is 20.0 Å². The molecule has 1 aromatic heterocycles. The van der Waals surface area contributed by atoms with Gasteiger partial charge in [-0.15, -0.1) is 11.3 Å². The van der Waals surface area contributed by atoms with Crippen molar-refractivity contribution >= 4 is 23.2 Å². The second kappa shape index (κ2) is 10.6. The first-order chi connectivity index (χ1) is 14.6. The van der Waals surface area contributed by atoms with Crippen molar-refractivity contribution in [2.45, 2.75) is 26.4 Å². The lowest BCUT2D eigenvalue weighted by Crippen LogP contribution is -1.99. The average Bonchev–Trinajstić information content (AvgIpc) is 3.25. The maximum atomic E-state index is 12.5. The van der Waals surface area contributed by atoms with Crippen molar-refractivity contribution in [1.29, 1.82) is 0 Å². The predicted octanol–water partition coefficient (Wildman–Crippen LogP) is 6.19. The molecule has 0 bridgehead atoms. The highest BCUT2D eigenvalue weighted by atomic mass is 32.1. The molecule has 156 valence electrons. The van der Waals surface area contributed by atoms with E-state index >= 15 is 0 Å². The fourth-order valence-corrected chi connectivity index (χ4v) is 4.02. The van der Waals surface area contributed by atoms with Crippen LogP contribution in [0.25, 0.3) is 6.08 Å². The Kier molecular flexibility index (Phi) is 7.69. The molecular weight excluding hydrogens is 396 g/mol. The highest BCUT2D eigenvalue weighted by Gasteiger charge is 2.08. The van der Waals surface area contributed by atoms with Gasteiger partial charge in [-0.1, -0.05) is 25.5 Å². The van der Waals surface area contributed by atoms with E-state index in [-0.39, 0.29) is 5.78 Å². The van der Waals surface area contributed by atoms with E-state index in [4.69, 9.17) is 14.2 Å². The lowest BCUT2D eigenvalue weighted by Gasteiger charge is -2.11. The number of carbonyl (C=O) groups is 1. The molecule has 0 aliphatic heterocycles. The van der Waals surface area contributed by atoms with Crippen LogP contribution in [0.1, 0.15) is 39.0 Å². The first kappa shape index (κ1) is 21.7. The molecule has 2 aromatic carbocycles. The quantitative estimate of drug-likeness (QED) is 0.288. The second-order valence-electron chi connectivity index (χ2n) is 6.75. The van der Waals surface area contributed by atoms with Crippen molar-refractivity contribution in [2.75, 3.05) is 14.2 Å². The van der Waals surface area contributed by atoms with Gasteiger partial charge in [-0.3, -0.25) is 4.79 Å². The number of hydrogen-bond donors (Lipinski definition) is 0. The Morgan fingerprint density at radius 3 is 2.43 bits per heavy atom. The van der Waals surface area contributed by atoms with Crippen LogP contribution in [0.2, 0.25) is 0 Å². The van der Waals surface area contributed by atoms with E-state index in [1.807, 2.05) is 60.7 Å². The smallest absolute Gasteiger partial charge is 0.195 e. The zero-order chi connectivity index (χ0) is 21.3. The van der Waals surface area contributed by atoms with Crippen LogP contribution in [0.4, 0.5) is 0 Å². The fraction of sp³-hybridized carbons (Fsp3) is 0.240. The van der Waals surface area contributed by atoms with Crippen LogP contribution in [0.15, 0.2) is 60.7 Å². The lowest BCUT2D eigenvalue weighted by molar-refractivity contribution is 0.105. The largest absolute Gasteiger partial charge is 0.497 e. The molecule has 0 radical (unpaired) electrons. The molecule has 0 fully saturated rings. The second-order valence-corrected chi connectivity index (χ2v) is 7.92. The molecule has 0 aliphatic carbocycles. The minimum absolute atomic E-state index is 0.0224. The van der Waals surface area contributed by atoms with Gasteiger partial charge >= 0.3 is 0 Å². The van der Waals surface area contributed by atoms with Crippen molar-refractivity contribution in [3.63, 3.8) is 0 Å². The Hall–Kier alpha value is -3.05. The summed E-state index contributed by atoms with van der Waals surface area (Å²) >= 11 is 1.57. The summed E-state index contributed by atoms with van der Waals surface area (Å²) in [6, 6.07) is 17.2. The Labute approximate surface area is 181 Å². The van der Waals surface area contributed by atoms with Gasteiger partial charge in [-0.25, -0.2) is 0 Å². The number of benzene rings is 2. The maximum Gasteiger partial charge on any atom is 0.195 e. The van der Waals surface area contributed by atoms with Crippen molar-refractivity contribution in [1.82, 2.24) is 0 Å². The summed E-state index contributed by atoms with van der Waals surface area (Å²) < 4.78 is 16.5. The molecule has 5 heteroatoms. The maximum absolute atomic E-state index is 12.5. The van der Waals surface area contributed by atoms with Crippen LogP contribution in [0, 0.1) is 0 Å². The van der Waals surface area contributed by atoms with Gasteiger partial charge in [0.15, 0.2) is 5.78 Å². The highest BCUT2D eigenvalue weighted by molar-refractivity contribution is 7.14. The van der Waals surface area contributed by atoms with Gasteiger partial charge in [-0.2, -0.15) is 0 Å². The molecule has 3 rings (SSSR count). The summed E-state index contributed by atoms with van der Waals surface area (Å²) in [6.07, 6.45) is 5.55. The van der Waals surface area contributed by atoms with Crippen LogP contribution >= 0.6 is 11.3 Å². The van der Waals surface area contributed by atoms with Crippen molar-refractivity contribution in [3.05, 3.63) is 81.6 Å². The summed E-state index contributed by atoms with van der Waals surface area (Å²) in [7, 11) is 3.27. The molecule has 0 spiro atoms. The summed E-state index contributed by atoms with van der Waals surface area (Å²) in [5.74, 6) is 2.29. The number of ketones is 1. The first-order valence-electron chi connectivity index (χ1n) is 9.87. The van der Waals surface area contributed by atoms with E-state index < -0.39 is 0 Å². The molecule has 1 heterocycles. The fourth-order valence-electron chi connectivity index (χ4n) is 2.99. The molecule has 30 heavy (non-hydrogen) atoms. The normalized spacial score (nSPS) is 10.9. The van der Waals surface area contributed by atoms with E-state index in [0.29, 0.717) is 6.61 Å². The van der Waals surface area contributed by atoms with Crippen molar-refractivity contribution in [3.8, 4) is 17.2 Å². The number of hydrogen-bond acceptors (Lipinski definition) is 5. The number of rotatable bonds is 10. The molecule has 0 amide bonds. The van der Waals surface area contributed by atoms with Gasteiger partial charge < -0.3 is 14.2 Å². The number of allylic oxidation sites excluding steroid dienone is 1. The summed E-state index contributed by atoms with van der Waals surface area (Å²) in [5.41, 5.74) is 1.83. The van der Waals surface area contributed by atoms with Gasteiger partial charge in [0.2, 0.25) is 0 Å². The predicted molar refractivity (Wildman–Crippen MR) is 122 cm³/mol. The molecule has 0 aliphatic rings. The van der Waals surface area contributed by atoms with E-state index in [1.54, 1.807) is 31.6 Å². The molecule has 0 saturated carbocycles. The van der Waals surface area contributed by atoms with Crippen LogP contribution in [0.3, 0.4) is 0 Å². The van der Waals surface area contributed by atoms with E-state index in [2.05, 4.69) is 6.92 Å². The Morgan fingerprint density at radius 1 is 0.967 bits per heavy atom. The standard InChI is InChI=1S/C25H26O4S/c1-4-5-22-12-15-25(30-22)23(26)13-6-18-7-14-24(28-3)19(16-18)17-29-21-10-8-20(27-2)9-11-21/h6-16H,4-5,17H2,1-3H3/b13-6+. The minimum atomic E-state index is 0.0224.